The third kappa shape index (κ3) is 2.19. The minimum Gasteiger partial charge on any atom is -0.329 e. The van der Waals surface area contributed by atoms with E-state index in [0.717, 1.165) is 12.6 Å². The molecule has 0 amide bonds. The van der Waals surface area contributed by atoms with Gasteiger partial charge in [0, 0.05) is 18.1 Å². The number of hydrogen-bond donors (Lipinski definition) is 1. The van der Waals surface area contributed by atoms with Crippen molar-refractivity contribution in [2.75, 3.05) is 33.2 Å². The van der Waals surface area contributed by atoms with Gasteiger partial charge in [-0.2, -0.15) is 0 Å². The van der Waals surface area contributed by atoms with Gasteiger partial charge in [-0.05, 0) is 52.4 Å². The summed E-state index contributed by atoms with van der Waals surface area (Å²) < 4.78 is 0. The largest absolute Gasteiger partial charge is 0.329 e. The average Bonchev–Trinajstić information content (AvgIpc) is 3.12. The molecular weight excluding hydrogens is 186 g/mol. The zero-order chi connectivity index (χ0) is 10.9. The van der Waals surface area contributed by atoms with Crippen LogP contribution >= 0.6 is 0 Å². The van der Waals surface area contributed by atoms with Gasteiger partial charge in [-0.15, -0.1) is 0 Å². The highest BCUT2D eigenvalue weighted by Crippen LogP contribution is 2.36. The molecule has 0 atom stereocenters. The Morgan fingerprint density at radius 2 is 1.93 bits per heavy atom. The van der Waals surface area contributed by atoms with Crippen molar-refractivity contribution >= 4 is 0 Å². The van der Waals surface area contributed by atoms with Crippen molar-refractivity contribution in [3.63, 3.8) is 0 Å². The second kappa shape index (κ2) is 4.40. The van der Waals surface area contributed by atoms with Gasteiger partial charge in [0.15, 0.2) is 0 Å². The standard InChI is InChI=1S/C12H25N3/c1-3-15-8-6-12(10-13,7-9-15)14(2)11-4-5-11/h11H,3-10,13H2,1-2H3. The molecule has 0 radical (unpaired) electrons. The molecule has 1 saturated heterocycles. The lowest BCUT2D eigenvalue weighted by Crippen LogP contribution is -2.58. The number of nitrogens with zero attached hydrogens (tertiary/aromatic N) is 2. The molecule has 1 aliphatic heterocycles. The van der Waals surface area contributed by atoms with Gasteiger partial charge in [-0.1, -0.05) is 6.92 Å². The predicted molar refractivity (Wildman–Crippen MR) is 63.9 cm³/mol. The summed E-state index contributed by atoms with van der Waals surface area (Å²) in [5.41, 5.74) is 6.34. The highest BCUT2D eigenvalue weighted by molar-refractivity contribution is 5.00. The van der Waals surface area contributed by atoms with Crippen LogP contribution in [0.25, 0.3) is 0 Å². The first-order chi connectivity index (χ1) is 7.22. The topological polar surface area (TPSA) is 32.5 Å². The third-order valence-electron chi connectivity index (χ3n) is 4.46. The van der Waals surface area contributed by atoms with Crippen LogP contribution in [0.15, 0.2) is 0 Å². The van der Waals surface area contributed by atoms with Crippen LogP contribution in [0.2, 0.25) is 0 Å². The molecule has 1 aliphatic carbocycles. The highest BCUT2D eigenvalue weighted by Gasteiger charge is 2.42. The predicted octanol–water partition coefficient (Wildman–Crippen LogP) is 0.894. The molecule has 3 nitrogen and oxygen atoms in total. The van der Waals surface area contributed by atoms with Crippen molar-refractivity contribution < 1.29 is 0 Å². The lowest BCUT2D eigenvalue weighted by molar-refractivity contribution is 0.0416. The van der Waals surface area contributed by atoms with Crippen molar-refractivity contribution in [3.05, 3.63) is 0 Å². The molecular formula is C12H25N3. The van der Waals surface area contributed by atoms with E-state index in [1.807, 2.05) is 0 Å². The van der Waals surface area contributed by atoms with Crippen LogP contribution in [0.3, 0.4) is 0 Å². The van der Waals surface area contributed by atoms with Crippen LogP contribution in [0.1, 0.15) is 32.6 Å². The van der Waals surface area contributed by atoms with Crippen molar-refractivity contribution in [2.24, 2.45) is 5.73 Å². The van der Waals surface area contributed by atoms with Gasteiger partial charge in [0.1, 0.15) is 0 Å². The number of nitrogens with two attached hydrogens (primary N) is 1. The molecule has 2 aliphatic rings. The van der Waals surface area contributed by atoms with Gasteiger partial charge >= 0.3 is 0 Å². The Bertz CT molecular complexity index is 205. The van der Waals surface area contributed by atoms with E-state index in [1.165, 1.54) is 45.3 Å². The third-order valence-corrected chi connectivity index (χ3v) is 4.46. The summed E-state index contributed by atoms with van der Waals surface area (Å²) in [5, 5.41) is 0. The molecule has 0 aromatic carbocycles. The molecule has 0 aromatic heterocycles. The maximum atomic E-state index is 6.03. The summed E-state index contributed by atoms with van der Waals surface area (Å²) in [6.45, 7) is 6.72. The minimum absolute atomic E-state index is 0.312. The first-order valence-corrected chi connectivity index (χ1v) is 6.37. The molecule has 15 heavy (non-hydrogen) atoms. The van der Waals surface area contributed by atoms with E-state index in [9.17, 15) is 0 Å². The summed E-state index contributed by atoms with van der Waals surface area (Å²) in [4.78, 5) is 5.12. The van der Waals surface area contributed by atoms with E-state index in [1.54, 1.807) is 0 Å². The normalized spacial score (nSPS) is 27.2. The smallest absolute Gasteiger partial charge is 0.0355 e. The molecule has 3 heteroatoms. The number of likely N-dealkylation sites (tertiary alicyclic amines) is 1. The molecule has 1 saturated carbocycles. The van der Waals surface area contributed by atoms with E-state index >= 15 is 0 Å². The van der Waals surface area contributed by atoms with Crippen LogP contribution in [-0.2, 0) is 0 Å². The van der Waals surface area contributed by atoms with Gasteiger partial charge in [0.2, 0.25) is 0 Å². The maximum Gasteiger partial charge on any atom is 0.0355 e. The van der Waals surface area contributed by atoms with Crippen LogP contribution < -0.4 is 5.73 Å². The van der Waals surface area contributed by atoms with E-state index in [4.69, 9.17) is 5.73 Å². The summed E-state index contributed by atoms with van der Waals surface area (Å²) in [6.07, 6.45) is 5.28. The second-order valence-electron chi connectivity index (χ2n) is 5.20. The Morgan fingerprint density at radius 1 is 1.33 bits per heavy atom. The fraction of sp³-hybridized carbons (Fsp3) is 1.00. The van der Waals surface area contributed by atoms with Crippen molar-refractivity contribution in [1.29, 1.82) is 0 Å². The molecule has 2 N–H and O–H groups in total. The minimum atomic E-state index is 0.312. The van der Waals surface area contributed by atoms with E-state index in [2.05, 4.69) is 23.8 Å². The van der Waals surface area contributed by atoms with E-state index < -0.39 is 0 Å². The van der Waals surface area contributed by atoms with Crippen LogP contribution in [0.5, 0.6) is 0 Å². The summed E-state index contributed by atoms with van der Waals surface area (Å²) in [5.74, 6) is 0. The van der Waals surface area contributed by atoms with Crippen molar-refractivity contribution in [3.8, 4) is 0 Å². The SMILES string of the molecule is CCN1CCC(CN)(N(C)C2CC2)CC1. The van der Waals surface area contributed by atoms with Crippen LogP contribution in [0.4, 0.5) is 0 Å². The van der Waals surface area contributed by atoms with Gasteiger partial charge in [0.05, 0.1) is 0 Å². The highest BCUT2D eigenvalue weighted by atomic mass is 15.3. The monoisotopic (exact) mass is 211 g/mol. The zero-order valence-electron chi connectivity index (χ0n) is 10.2. The molecule has 2 rings (SSSR count). The lowest BCUT2D eigenvalue weighted by atomic mass is 9.85. The van der Waals surface area contributed by atoms with Gasteiger partial charge < -0.3 is 10.6 Å². The van der Waals surface area contributed by atoms with E-state index in [-0.39, 0.29) is 0 Å². The van der Waals surface area contributed by atoms with E-state index in [0.29, 0.717) is 5.54 Å². The Labute approximate surface area is 93.6 Å². The first-order valence-electron chi connectivity index (χ1n) is 6.37. The molecule has 2 fully saturated rings. The lowest BCUT2D eigenvalue weighted by Gasteiger charge is -2.47. The Balaban J connectivity index is 1.97. The Morgan fingerprint density at radius 3 is 2.33 bits per heavy atom. The maximum absolute atomic E-state index is 6.03. The Hall–Kier alpha value is -0.120. The fourth-order valence-corrected chi connectivity index (χ4v) is 2.84. The number of likely N-dealkylation sites (N-methyl/N-ethyl adjacent to an activating group) is 1. The van der Waals surface area contributed by atoms with Gasteiger partial charge in [-0.3, -0.25) is 4.90 Å². The van der Waals surface area contributed by atoms with Gasteiger partial charge in [-0.25, -0.2) is 0 Å². The van der Waals surface area contributed by atoms with Crippen LogP contribution in [0, 0.1) is 0 Å². The van der Waals surface area contributed by atoms with Gasteiger partial charge in [0.25, 0.3) is 0 Å². The molecule has 0 spiro atoms. The fourth-order valence-electron chi connectivity index (χ4n) is 2.84. The summed E-state index contributed by atoms with van der Waals surface area (Å²) in [6, 6.07) is 0.835. The molecule has 0 bridgehead atoms. The summed E-state index contributed by atoms with van der Waals surface area (Å²) in [7, 11) is 2.28. The molecule has 88 valence electrons. The number of rotatable bonds is 4. The average molecular weight is 211 g/mol. The van der Waals surface area contributed by atoms with Crippen molar-refractivity contribution in [2.45, 2.75) is 44.2 Å². The molecule has 0 unspecified atom stereocenters. The van der Waals surface area contributed by atoms with Crippen LogP contribution in [-0.4, -0.2) is 54.6 Å². The number of hydrogen-bond acceptors (Lipinski definition) is 3. The second-order valence-corrected chi connectivity index (χ2v) is 5.20. The Kier molecular flexibility index (Phi) is 3.33. The molecule has 1 heterocycles. The zero-order valence-corrected chi connectivity index (χ0v) is 10.2. The summed E-state index contributed by atoms with van der Waals surface area (Å²) >= 11 is 0. The quantitative estimate of drug-likeness (QED) is 0.750. The van der Waals surface area contributed by atoms with Crippen molar-refractivity contribution in [1.82, 2.24) is 9.80 Å². The first kappa shape index (κ1) is 11.4. The number of piperidine rings is 1. The molecule has 0 aromatic rings.